The van der Waals surface area contributed by atoms with Gasteiger partial charge in [0.2, 0.25) is 11.8 Å². The van der Waals surface area contributed by atoms with Crippen LogP contribution in [0, 0.1) is 12.8 Å². The van der Waals surface area contributed by atoms with Crippen LogP contribution in [-0.2, 0) is 9.59 Å². The molecule has 1 aromatic carbocycles. The molecule has 2 heterocycles. The molecule has 0 aliphatic carbocycles. The Morgan fingerprint density at radius 1 is 1.53 bits per heavy atom. The summed E-state index contributed by atoms with van der Waals surface area (Å²) in [6.07, 6.45) is 0.169. The molecule has 1 fully saturated rings. The highest BCUT2D eigenvalue weighted by atomic mass is 16.3. The highest BCUT2D eigenvalue weighted by molar-refractivity contribution is 6.01. The first-order valence-electron chi connectivity index (χ1n) is 6.01. The molecule has 1 aliphatic heterocycles. The van der Waals surface area contributed by atoms with Crippen LogP contribution in [0.4, 0.5) is 5.69 Å². The van der Waals surface area contributed by atoms with Gasteiger partial charge in [0.15, 0.2) is 11.5 Å². The second-order valence-corrected chi connectivity index (χ2v) is 4.69. The van der Waals surface area contributed by atoms with Gasteiger partial charge in [-0.1, -0.05) is 0 Å². The molecule has 2 aromatic rings. The first-order valence-corrected chi connectivity index (χ1v) is 6.01. The Morgan fingerprint density at radius 3 is 3.00 bits per heavy atom. The van der Waals surface area contributed by atoms with E-state index in [-0.39, 0.29) is 12.3 Å². The van der Waals surface area contributed by atoms with Crippen molar-refractivity contribution in [1.29, 1.82) is 0 Å². The van der Waals surface area contributed by atoms with Crippen molar-refractivity contribution < 1.29 is 14.0 Å². The number of carbonyl (C=O) groups excluding carboxylic acids is 2. The lowest BCUT2D eigenvalue weighted by atomic mass is 10.1. The molecule has 1 atom stereocenters. The Morgan fingerprint density at radius 2 is 2.32 bits per heavy atom. The molecule has 1 aromatic heterocycles. The zero-order valence-corrected chi connectivity index (χ0v) is 10.4. The van der Waals surface area contributed by atoms with Crippen molar-refractivity contribution >= 4 is 28.6 Å². The Labute approximate surface area is 109 Å². The summed E-state index contributed by atoms with van der Waals surface area (Å²) in [5.41, 5.74) is 7.33. The lowest BCUT2D eigenvalue weighted by Crippen LogP contribution is -2.28. The van der Waals surface area contributed by atoms with Gasteiger partial charge in [-0.25, -0.2) is 4.98 Å². The number of hydrogen-bond donors (Lipinski definition) is 1. The molecule has 0 bridgehead atoms. The minimum absolute atomic E-state index is 0.0978. The summed E-state index contributed by atoms with van der Waals surface area (Å²) >= 11 is 0. The topological polar surface area (TPSA) is 89.4 Å². The van der Waals surface area contributed by atoms with E-state index in [1.54, 1.807) is 30.0 Å². The van der Waals surface area contributed by atoms with Crippen LogP contribution in [0.15, 0.2) is 22.6 Å². The van der Waals surface area contributed by atoms with Crippen molar-refractivity contribution in [2.24, 2.45) is 11.7 Å². The van der Waals surface area contributed by atoms with Gasteiger partial charge in [0.25, 0.3) is 0 Å². The summed E-state index contributed by atoms with van der Waals surface area (Å²) in [5.74, 6) is -0.374. The van der Waals surface area contributed by atoms with Crippen LogP contribution in [0.1, 0.15) is 12.3 Å². The van der Waals surface area contributed by atoms with Gasteiger partial charge < -0.3 is 15.1 Å². The number of aromatic nitrogens is 1. The van der Waals surface area contributed by atoms with Crippen molar-refractivity contribution in [1.82, 2.24) is 4.98 Å². The van der Waals surface area contributed by atoms with Crippen LogP contribution >= 0.6 is 0 Å². The van der Waals surface area contributed by atoms with E-state index in [1.807, 2.05) is 0 Å². The highest BCUT2D eigenvalue weighted by Gasteiger charge is 2.34. The fourth-order valence-corrected chi connectivity index (χ4v) is 2.34. The van der Waals surface area contributed by atoms with Crippen LogP contribution in [0.25, 0.3) is 11.1 Å². The monoisotopic (exact) mass is 259 g/mol. The smallest absolute Gasteiger partial charge is 0.227 e. The van der Waals surface area contributed by atoms with E-state index >= 15 is 0 Å². The average Bonchev–Trinajstić information content (AvgIpc) is 2.90. The van der Waals surface area contributed by atoms with Crippen molar-refractivity contribution in [2.75, 3.05) is 11.4 Å². The van der Waals surface area contributed by atoms with Gasteiger partial charge in [0.1, 0.15) is 5.52 Å². The number of nitrogens with two attached hydrogens (primary N) is 1. The highest BCUT2D eigenvalue weighted by Crippen LogP contribution is 2.28. The number of carbonyl (C=O) groups is 2. The Bertz CT molecular complexity index is 677. The summed E-state index contributed by atoms with van der Waals surface area (Å²) < 4.78 is 5.44. The predicted molar refractivity (Wildman–Crippen MR) is 68.4 cm³/mol. The van der Waals surface area contributed by atoms with Crippen LogP contribution in [-0.4, -0.2) is 23.3 Å². The lowest BCUT2D eigenvalue weighted by Gasteiger charge is -2.15. The molecule has 1 unspecified atom stereocenters. The number of oxazole rings is 1. The summed E-state index contributed by atoms with van der Waals surface area (Å²) in [6.45, 7) is 2.09. The van der Waals surface area contributed by atoms with Gasteiger partial charge in [-0.2, -0.15) is 0 Å². The number of rotatable bonds is 2. The van der Waals surface area contributed by atoms with Gasteiger partial charge in [0, 0.05) is 31.6 Å². The largest absolute Gasteiger partial charge is 0.441 e. The lowest BCUT2D eigenvalue weighted by molar-refractivity contribution is -0.123. The fraction of sp³-hybridized carbons (Fsp3) is 0.308. The van der Waals surface area contributed by atoms with E-state index in [0.717, 1.165) is 5.52 Å². The molecular weight excluding hydrogens is 246 g/mol. The number of amides is 2. The summed E-state index contributed by atoms with van der Waals surface area (Å²) in [7, 11) is 0. The second kappa shape index (κ2) is 4.08. The minimum atomic E-state index is -0.438. The number of primary amides is 1. The fourth-order valence-electron chi connectivity index (χ4n) is 2.34. The molecule has 0 spiro atoms. The molecule has 1 aliphatic rings. The zero-order chi connectivity index (χ0) is 13.6. The molecule has 0 saturated carbocycles. The van der Waals surface area contributed by atoms with Crippen LogP contribution < -0.4 is 10.6 Å². The normalized spacial score (nSPS) is 19.3. The maximum Gasteiger partial charge on any atom is 0.227 e. The number of anilines is 1. The molecule has 2 N–H and O–H groups in total. The molecule has 98 valence electrons. The van der Waals surface area contributed by atoms with Crippen molar-refractivity contribution in [3.05, 3.63) is 24.1 Å². The van der Waals surface area contributed by atoms with E-state index in [1.165, 1.54) is 0 Å². The maximum absolute atomic E-state index is 11.9. The van der Waals surface area contributed by atoms with Gasteiger partial charge in [0.05, 0.1) is 5.92 Å². The zero-order valence-electron chi connectivity index (χ0n) is 10.4. The third kappa shape index (κ3) is 1.95. The van der Waals surface area contributed by atoms with E-state index in [4.69, 9.17) is 10.2 Å². The quantitative estimate of drug-likeness (QED) is 0.870. The Hall–Kier alpha value is -2.37. The molecule has 6 heteroatoms. The van der Waals surface area contributed by atoms with Gasteiger partial charge in [-0.3, -0.25) is 9.59 Å². The summed E-state index contributed by atoms with van der Waals surface area (Å²) in [6, 6.07) is 5.36. The SMILES string of the molecule is Cc1nc2ccc(N3CC(C(N)=O)CC3=O)cc2o1. The average molecular weight is 259 g/mol. The van der Waals surface area contributed by atoms with Gasteiger partial charge in [-0.05, 0) is 12.1 Å². The molecule has 0 radical (unpaired) electrons. The first kappa shape index (κ1) is 11.7. The number of hydrogen-bond acceptors (Lipinski definition) is 4. The number of aryl methyl sites for hydroxylation is 1. The molecule has 3 rings (SSSR count). The van der Waals surface area contributed by atoms with E-state index in [2.05, 4.69) is 4.98 Å². The number of fused-ring (bicyclic) bond motifs is 1. The molecule has 2 amide bonds. The third-order valence-corrected chi connectivity index (χ3v) is 3.32. The van der Waals surface area contributed by atoms with Crippen molar-refractivity contribution in [3.8, 4) is 0 Å². The first-order chi connectivity index (χ1) is 9.04. The van der Waals surface area contributed by atoms with Crippen LogP contribution in [0.2, 0.25) is 0 Å². The van der Waals surface area contributed by atoms with Crippen LogP contribution in [0.5, 0.6) is 0 Å². The standard InChI is InChI=1S/C13H13N3O3/c1-7-15-10-3-2-9(5-11(10)19-7)16-6-8(13(14)18)4-12(16)17/h2-3,5,8H,4,6H2,1H3,(H2,14,18). The van der Waals surface area contributed by atoms with Crippen LogP contribution in [0.3, 0.4) is 0 Å². The molecule has 1 saturated heterocycles. The van der Waals surface area contributed by atoms with E-state index < -0.39 is 11.8 Å². The van der Waals surface area contributed by atoms with Gasteiger partial charge >= 0.3 is 0 Å². The third-order valence-electron chi connectivity index (χ3n) is 3.32. The van der Waals surface area contributed by atoms with Crippen molar-refractivity contribution in [3.63, 3.8) is 0 Å². The van der Waals surface area contributed by atoms with Gasteiger partial charge in [-0.15, -0.1) is 0 Å². The van der Waals surface area contributed by atoms with E-state index in [0.29, 0.717) is 23.7 Å². The number of benzene rings is 1. The summed E-state index contributed by atoms with van der Waals surface area (Å²) in [5, 5.41) is 0. The Kier molecular flexibility index (Phi) is 2.51. The van der Waals surface area contributed by atoms with E-state index in [9.17, 15) is 9.59 Å². The predicted octanol–water partition coefficient (Wildman–Crippen LogP) is 0.974. The second-order valence-electron chi connectivity index (χ2n) is 4.69. The minimum Gasteiger partial charge on any atom is -0.441 e. The maximum atomic E-state index is 11.9. The number of nitrogens with zero attached hydrogens (tertiary/aromatic N) is 2. The molecule has 6 nitrogen and oxygen atoms in total. The molecular formula is C13H13N3O3. The Balaban J connectivity index is 1.95. The summed E-state index contributed by atoms with van der Waals surface area (Å²) in [4.78, 5) is 28.8. The molecule has 19 heavy (non-hydrogen) atoms. The van der Waals surface area contributed by atoms with Crippen molar-refractivity contribution in [2.45, 2.75) is 13.3 Å².